The highest BCUT2D eigenvalue weighted by atomic mass is 32.2. The minimum Gasteiger partial charge on any atom is -0.492 e. The van der Waals surface area contributed by atoms with E-state index in [4.69, 9.17) is 10.5 Å². The van der Waals surface area contributed by atoms with E-state index in [0.29, 0.717) is 29.5 Å². The molecule has 1 aliphatic heterocycles. The van der Waals surface area contributed by atoms with Gasteiger partial charge in [-0.05, 0) is 30.9 Å². The number of nitrogens with two attached hydrogens (primary N) is 1. The van der Waals surface area contributed by atoms with Gasteiger partial charge in [0.2, 0.25) is 0 Å². The summed E-state index contributed by atoms with van der Waals surface area (Å²) >= 11 is 0. The Bertz CT molecular complexity index is 620. The first-order chi connectivity index (χ1) is 8.55. The Morgan fingerprint density at radius 3 is 2.94 bits per heavy atom. The fourth-order valence-corrected chi connectivity index (χ4v) is 2.67. The Morgan fingerprint density at radius 1 is 1.44 bits per heavy atom. The molecular formula is C11H13N3O3S. The van der Waals surface area contributed by atoms with Gasteiger partial charge < -0.3 is 10.5 Å². The topological polar surface area (TPSA) is 93.8 Å². The van der Waals surface area contributed by atoms with Gasteiger partial charge in [-0.1, -0.05) is 6.07 Å². The lowest BCUT2D eigenvalue weighted by atomic mass is 10.1. The maximum absolute atomic E-state index is 11.4. The summed E-state index contributed by atoms with van der Waals surface area (Å²) < 4.78 is 34.2. The molecule has 18 heavy (non-hydrogen) atoms. The van der Waals surface area contributed by atoms with Crippen LogP contribution in [0.5, 0.6) is 5.75 Å². The standard InChI is InChI=1S/C11H13N3O3S/c12-11-10-8(13-18(15,16)14-11)2-1-3-9(10)17-6-7-4-5-7/h1-3,7,13H,4-6H2,(H2,12,14). The van der Waals surface area contributed by atoms with Crippen LogP contribution in [0.15, 0.2) is 22.6 Å². The molecule has 1 aromatic carbocycles. The Morgan fingerprint density at radius 2 is 2.22 bits per heavy atom. The maximum atomic E-state index is 11.4. The van der Waals surface area contributed by atoms with Crippen LogP contribution in [0.2, 0.25) is 0 Å². The number of anilines is 1. The van der Waals surface area contributed by atoms with Crippen molar-refractivity contribution >= 4 is 21.7 Å². The molecular weight excluding hydrogens is 254 g/mol. The number of hydrogen-bond donors (Lipinski definition) is 2. The van der Waals surface area contributed by atoms with Crippen LogP contribution in [-0.4, -0.2) is 20.9 Å². The first kappa shape index (κ1) is 11.3. The van der Waals surface area contributed by atoms with E-state index in [2.05, 4.69) is 9.12 Å². The van der Waals surface area contributed by atoms with E-state index in [1.165, 1.54) is 12.8 Å². The van der Waals surface area contributed by atoms with Crippen molar-refractivity contribution < 1.29 is 13.2 Å². The summed E-state index contributed by atoms with van der Waals surface area (Å²) in [6, 6.07) is 5.13. The van der Waals surface area contributed by atoms with Gasteiger partial charge in [-0.3, -0.25) is 4.72 Å². The fraction of sp³-hybridized carbons (Fsp3) is 0.364. The number of fused-ring (bicyclic) bond motifs is 1. The zero-order valence-corrected chi connectivity index (χ0v) is 10.4. The molecule has 0 bridgehead atoms. The second-order valence-corrected chi connectivity index (χ2v) is 5.82. The van der Waals surface area contributed by atoms with E-state index in [1.807, 2.05) is 0 Å². The summed E-state index contributed by atoms with van der Waals surface area (Å²) in [6.45, 7) is 0.635. The van der Waals surface area contributed by atoms with Gasteiger partial charge in [-0.2, -0.15) is 8.42 Å². The van der Waals surface area contributed by atoms with Crippen molar-refractivity contribution in [3.8, 4) is 5.75 Å². The van der Waals surface area contributed by atoms with Gasteiger partial charge in [0.1, 0.15) is 5.75 Å². The first-order valence-corrected chi connectivity index (χ1v) is 7.13. The van der Waals surface area contributed by atoms with Crippen molar-refractivity contribution in [1.29, 1.82) is 0 Å². The van der Waals surface area contributed by atoms with Gasteiger partial charge in [0.15, 0.2) is 5.84 Å². The molecule has 1 aliphatic carbocycles. The van der Waals surface area contributed by atoms with E-state index in [0.717, 1.165) is 0 Å². The van der Waals surface area contributed by atoms with Crippen molar-refractivity contribution in [3.05, 3.63) is 23.8 Å². The predicted molar refractivity (Wildman–Crippen MR) is 67.9 cm³/mol. The van der Waals surface area contributed by atoms with Gasteiger partial charge in [-0.25, -0.2) is 0 Å². The van der Waals surface area contributed by atoms with Gasteiger partial charge >= 0.3 is 10.2 Å². The van der Waals surface area contributed by atoms with Crippen LogP contribution in [0.1, 0.15) is 18.4 Å². The second-order valence-electron chi connectivity index (χ2n) is 4.49. The molecule has 3 N–H and O–H groups in total. The lowest BCUT2D eigenvalue weighted by Crippen LogP contribution is -2.27. The summed E-state index contributed by atoms with van der Waals surface area (Å²) in [5, 5.41) is 0. The number of benzene rings is 1. The summed E-state index contributed by atoms with van der Waals surface area (Å²) in [7, 11) is -3.72. The minimum atomic E-state index is -3.72. The zero-order valence-electron chi connectivity index (χ0n) is 9.59. The molecule has 0 aromatic heterocycles. The average Bonchev–Trinajstić information content (AvgIpc) is 3.07. The SMILES string of the molecule is NC1=NS(=O)(=O)Nc2cccc(OCC3CC3)c21. The molecule has 2 aliphatic rings. The first-order valence-electron chi connectivity index (χ1n) is 5.69. The summed E-state index contributed by atoms with van der Waals surface area (Å²) in [4.78, 5) is 0. The summed E-state index contributed by atoms with van der Waals surface area (Å²) in [5.41, 5.74) is 6.63. The van der Waals surface area contributed by atoms with Gasteiger partial charge in [-0.15, -0.1) is 4.40 Å². The number of rotatable bonds is 3. The van der Waals surface area contributed by atoms with Crippen molar-refractivity contribution in [2.45, 2.75) is 12.8 Å². The molecule has 6 nitrogen and oxygen atoms in total. The highest BCUT2D eigenvalue weighted by molar-refractivity contribution is 7.91. The molecule has 0 amide bonds. The zero-order chi connectivity index (χ0) is 12.8. The molecule has 0 atom stereocenters. The number of ether oxygens (including phenoxy) is 1. The number of hydrogen-bond acceptors (Lipinski definition) is 4. The fourth-order valence-electron chi connectivity index (χ4n) is 1.83. The van der Waals surface area contributed by atoms with Crippen LogP contribution in [0.4, 0.5) is 5.69 Å². The maximum Gasteiger partial charge on any atom is 0.344 e. The van der Waals surface area contributed by atoms with E-state index < -0.39 is 10.2 Å². The molecule has 1 saturated carbocycles. The highest BCUT2D eigenvalue weighted by Crippen LogP contribution is 2.33. The van der Waals surface area contributed by atoms with Crippen LogP contribution in [0, 0.1) is 5.92 Å². The Labute approximate surface area is 105 Å². The molecule has 0 unspecified atom stereocenters. The van der Waals surface area contributed by atoms with Crippen LogP contribution in [-0.2, 0) is 10.2 Å². The third-order valence-corrected chi connectivity index (χ3v) is 3.83. The van der Waals surface area contributed by atoms with Gasteiger partial charge in [0, 0.05) is 0 Å². The summed E-state index contributed by atoms with van der Waals surface area (Å²) in [5.74, 6) is 1.15. The van der Waals surface area contributed by atoms with Crippen LogP contribution in [0.25, 0.3) is 0 Å². The number of nitrogens with one attached hydrogen (secondary N) is 1. The number of nitrogens with zero attached hydrogens (tertiary/aromatic N) is 1. The molecule has 0 radical (unpaired) electrons. The highest BCUT2D eigenvalue weighted by Gasteiger charge is 2.26. The van der Waals surface area contributed by atoms with Crippen LogP contribution >= 0.6 is 0 Å². The quantitative estimate of drug-likeness (QED) is 0.849. The lowest BCUT2D eigenvalue weighted by molar-refractivity contribution is 0.299. The van der Waals surface area contributed by atoms with E-state index in [1.54, 1.807) is 18.2 Å². The average molecular weight is 267 g/mol. The van der Waals surface area contributed by atoms with Crippen molar-refractivity contribution in [2.24, 2.45) is 16.0 Å². The van der Waals surface area contributed by atoms with E-state index in [9.17, 15) is 8.42 Å². The molecule has 0 saturated heterocycles. The molecule has 1 heterocycles. The Balaban J connectivity index is 1.97. The third-order valence-electron chi connectivity index (χ3n) is 2.91. The molecule has 1 fully saturated rings. The monoisotopic (exact) mass is 267 g/mol. The van der Waals surface area contributed by atoms with E-state index in [-0.39, 0.29) is 5.84 Å². The summed E-state index contributed by atoms with van der Waals surface area (Å²) in [6.07, 6.45) is 2.37. The Kier molecular flexibility index (Phi) is 2.44. The predicted octanol–water partition coefficient (Wildman–Crippen LogP) is 0.851. The third kappa shape index (κ3) is 2.13. The van der Waals surface area contributed by atoms with Gasteiger partial charge in [0.05, 0.1) is 17.9 Å². The van der Waals surface area contributed by atoms with Gasteiger partial charge in [0.25, 0.3) is 0 Å². The molecule has 3 rings (SSSR count). The lowest BCUT2D eigenvalue weighted by Gasteiger charge is -2.18. The second kappa shape index (κ2) is 3.88. The molecule has 96 valence electrons. The molecule has 7 heteroatoms. The number of amidine groups is 1. The minimum absolute atomic E-state index is 0.0323. The van der Waals surface area contributed by atoms with Crippen LogP contribution in [0.3, 0.4) is 0 Å². The largest absolute Gasteiger partial charge is 0.492 e. The molecule has 0 spiro atoms. The molecule has 1 aromatic rings. The van der Waals surface area contributed by atoms with Crippen molar-refractivity contribution in [3.63, 3.8) is 0 Å². The van der Waals surface area contributed by atoms with Crippen LogP contribution < -0.4 is 15.2 Å². The normalized spacial score (nSPS) is 20.6. The van der Waals surface area contributed by atoms with E-state index >= 15 is 0 Å². The Hall–Kier alpha value is -1.76. The van der Waals surface area contributed by atoms with Crippen molar-refractivity contribution in [1.82, 2.24) is 0 Å². The smallest absolute Gasteiger partial charge is 0.344 e. The van der Waals surface area contributed by atoms with Crippen molar-refractivity contribution in [2.75, 3.05) is 11.3 Å².